The molecule has 5 fully saturated rings. The van der Waals surface area contributed by atoms with Crippen LogP contribution in [0.3, 0.4) is 0 Å². The van der Waals surface area contributed by atoms with E-state index in [0.29, 0.717) is 36.5 Å². The van der Waals surface area contributed by atoms with E-state index in [-0.39, 0.29) is 29.6 Å². The number of carbonyl (C=O) groups is 2. The van der Waals surface area contributed by atoms with E-state index in [1.165, 1.54) is 0 Å². The van der Waals surface area contributed by atoms with Gasteiger partial charge in [-0.15, -0.1) is 0 Å². The van der Waals surface area contributed by atoms with Crippen LogP contribution in [0.5, 0.6) is 0 Å². The van der Waals surface area contributed by atoms with E-state index in [2.05, 4.69) is 4.98 Å². The summed E-state index contributed by atoms with van der Waals surface area (Å²) in [5, 5.41) is 1.14. The van der Waals surface area contributed by atoms with Gasteiger partial charge >= 0.3 is 6.18 Å². The highest BCUT2D eigenvalue weighted by Crippen LogP contribution is 2.61. The van der Waals surface area contributed by atoms with Crippen molar-refractivity contribution in [2.24, 2.45) is 34.8 Å². The minimum atomic E-state index is -4.77. The molecule has 1 heterocycles. The Balaban J connectivity index is 1.57. The summed E-state index contributed by atoms with van der Waals surface area (Å²) in [6.45, 7) is 0. The van der Waals surface area contributed by atoms with E-state index >= 15 is 0 Å². The van der Waals surface area contributed by atoms with Gasteiger partial charge < -0.3 is 10.3 Å². The molecule has 8 nitrogen and oxygen atoms in total. The maximum atomic E-state index is 13.4. The van der Waals surface area contributed by atoms with Gasteiger partial charge in [-0.05, 0) is 74.8 Å². The maximum Gasteiger partial charge on any atom is 0.433 e. The predicted molar refractivity (Wildman–Crippen MR) is 109 cm³/mol. The summed E-state index contributed by atoms with van der Waals surface area (Å²) in [5.74, 6) is -1.71. The fraction of sp³-hybridized carbons (Fsp3) is 0.667. The van der Waals surface area contributed by atoms with Gasteiger partial charge in [-0.3, -0.25) is 13.8 Å². The topological polar surface area (TPSA) is 120 Å². The second-order valence-corrected chi connectivity index (χ2v) is 10.7. The standard InChI is InChI=1S/C21H25F3N4O4S/c22-21(23,24)15-2-1-3-16(26-15)28(33(31)32)27(18(29)12-4-5-12)17-13-6-11-7-14(17)10-20(8-11,9-13)19(25)30/h1-3,11-14,17H,4-10H2,(H2,25,30)(H,31,32)/p-1. The Kier molecular flexibility index (Phi) is 5.24. The highest BCUT2D eigenvalue weighted by atomic mass is 32.2. The molecule has 0 saturated heterocycles. The lowest BCUT2D eigenvalue weighted by atomic mass is 9.47. The molecule has 0 spiro atoms. The monoisotopic (exact) mass is 485 g/mol. The number of nitrogens with zero attached hydrogens (tertiary/aromatic N) is 3. The van der Waals surface area contributed by atoms with Crippen molar-refractivity contribution in [3.05, 3.63) is 23.9 Å². The van der Waals surface area contributed by atoms with Crippen LogP contribution in [0.25, 0.3) is 0 Å². The van der Waals surface area contributed by atoms with E-state index in [1.807, 2.05) is 0 Å². The molecule has 1 aromatic heterocycles. The number of alkyl halides is 3. The van der Waals surface area contributed by atoms with Gasteiger partial charge in [-0.25, -0.2) is 9.99 Å². The van der Waals surface area contributed by atoms with Crippen LogP contribution in [0.15, 0.2) is 18.2 Å². The fourth-order valence-corrected chi connectivity index (χ4v) is 7.11. The van der Waals surface area contributed by atoms with Crippen molar-refractivity contribution in [2.45, 2.75) is 57.2 Å². The number of carbonyl (C=O) groups excluding carboxylic acids is 2. The van der Waals surface area contributed by atoms with Crippen LogP contribution in [-0.4, -0.2) is 36.6 Å². The van der Waals surface area contributed by atoms with Crippen molar-refractivity contribution in [1.29, 1.82) is 0 Å². The second-order valence-electron chi connectivity index (χ2n) is 9.93. The van der Waals surface area contributed by atoms with Crippen molar-refractivity contribution in [1.82, 2.24) is 9.99 Å². The Labute approximate surface area is 191 Å². The first-order valence-corrected chi connectivity index (χ1v) is 12.1. The number of halogens is 3. The quantitative estimate of drug-likeness (QED) is 0.491. The number of pyridine rings is 1. The van der Waals surface area contributed by atoms with Crippen LogP contribution >= 0.6 is 0 Å². The van der Waals surface area contributed by atoms with Crippen molar-refractivity contribution >= 4 is 28.9 Å². The Bertz CT molecular complexity index is 1000. The molecule has 33 heavy (non-hydrogen) atoms. The summed E-state index contributed by atoms with van der Waals surface area (Å²) in [6.07, 6.45) is -0.534. The molecule has 5 aliphatic rings. The van der Waals surface area contributed by atoms with Crippen LogP contribution in [-0.2, 0) is 27.0 Å². The van der Waals surface area contributed by atoms with Crippen molar-refractivity contribution in [2.75, 3.05) is 4.41 Å². The molecule has 0 aromatic carbocycles. The molecule has 12 heteroatoms. The minimum absolute atomic E-state index is 0.164. The number of hydrogen-bond donors (Lipinski definition) is 1. The first-order valence-electron chi connectivity index (χ1n) is 11.1. The number of hydrogen-bond acceptors (Lipinski definition) is 5. The van der Waals surface area contributed by atoms with Crippen molar-refractivity contribution in [3.8, 4) is 0 Å². The zero-order chi connectivity index (χ0) is 23.7. The van der Waals surface area contributed by atoms with Crippen molar-refractivity contribution < 1.29 is 31.5 Å². The number of amides is 2. The first-order chi connectivity index (χ1) is 15.5. The molecule has 2 N–H and O–H groups in total. The second kappa shape index (κ2) is 7.66. The van der Waals surface area contributed by atoms with Gasteiger partial charge in [0.25, 0.3) is 0 Å². The molecule has 2 amide bonds. The van der Waals surface area contributed by atoms with Gasteiger partial charge in [0, 0.05) is 11.3 Å². The number of hydrazine groups is 1. The Morgan fingerprint density at radius 3 is 2.30 bits per heavy atom. The Hall–Kier alpha value is -2.21. The molecule has 6 rings (SSSR count). The molecule has 3 unspecified atom stereocenters. The smallest absolute Gasteiger partial charge is 0.433 e. The third-order valence-corrected chi connectivity index (χ3v) is 8.38. The third kappa shape index (κ3) is 3.80. The molecule has 4 bridgehead atoms. The Morgan fingerprint density at radius 2 is 1.79 bits per heavy atom. The lowest BCUT2D eigenvalue weighted by Crippen LogP contribution is -2.66. The Morgan fingerprint density at radius 1 is 1.15 bits per heavy atom. The van der Waals surface area contributed by atoms with Gasteiger partial charge in [-0.1, -0.05) is 6.07 Å². The van der Waals surface area contributed by atoms with Gasteiger partial charge in [0.1, 0.15) is 5.69 Å². The number of aromatic nitrogens is 1. The van der Waals surface area contributed by atoms with Crippen LogP contribution in [0.2, 0.25) is 0 Å². The molecule has 0 radical (unpaired) electrons. The van der Waals surface area contributed by atoms with Crippen LogP contribution < -0.4 is 10.1 Å². The van der Waals surface area contributed by atoms with E-state index in [1.54, 1.807) is 0 Å². The largest absolute Gasteiger partial charge is 0.754 e. The molecule has 3 atom stereocenters. The highest BCUT2D eigenvalue weighted by Gasteiger charge is 2.61. The summed E-state index contributed by atoms with van der Waals surface area (Å²) >= 11 is -3.09. The van der Waals surface area contributed by atoms with Gasteiger partial charge in [0.05, 0.1) is 17.3 Å². The summed E-state index contributed by atoms with van der Waals surface area (Å²) in [6, 6.07) is 2.43. The van der Waals surface area contributed by atoms with Crippen LogP contribution in [0.1, 0.15) is 50.6 Å². The van der Waals surface area contributed by atoms with E-state index in [4.69, 9.17) is 5.73 Å². The summed E-state index contributed by atoms with van der Waals surface area (Å²) in [5.41, 5.74) is 3.84. The van der Waals surface area contributed by atoms with Crippen LogP contribution in [0, 0.1) is 29.1 Å². The number of nitrogens with two attached hydrogens (primary N) is 1. The molecule has 0 aliphatic heterocycles. The summed E-state index contributed by atoms with van der Waals surface area (Å²) < 4.78 is 65.2. The number of anilines is 1. The van der Waals surface area contributed by atoms with Crippen molar-refractivity contribution in [3.63, 3.8) is 0 Å². The van der Waals surface area contributed by atoms with Crippen LogP contribution in [0.4, 0.5) is 19.0 Å². The molecule has 180 valence electrons. The zero-order valence-corrected chi connectivity index (χ0v) is 18.5. The first kappa shape index (κ1) is 22.6. The molecule has 5 saturated carbocycles. The molecule has 5 aliphatic carbocycles. The average molecular weight is 486 g/mol. The lowest BCUT2D eigenvalue weighted by Gasteiger charge is -2.61. The van der Waals surface area contributed by atoms with Gasteiger partial charge in [0.2, 0.25) is 11.8 Å². The van der Waals surface area contributed by atoms with E-state index < -0.39 is 46.3 Å². The summed E-state index contributed by atoms with van der Waals surface area (Å²) in [7, 11) is 0. The summed E-state index contributed by atoms with van der Waals surface area (Å²) in [4.78, 5) is 29.2. The minimum Gasteiger partial charge on any atom is -0.754 e. The number of primary amides is 1. The molecular formula is C21H24F3N4O4S-. The predicted octanol–water partition coefficient (Wildman–Crippen LogP) is 2.53. The lowest BCUT2D eigenvalue weighted by molar-refractivity contribution is -0.160. The molecule has 1 aromatic rings. The zero-order valence-electron chi connectivity index (χ0n) is 17.7. The number of rotatable bonds is 6. The van der Waals surface area contributed by atoms with E-state index in [0.717, 1.165) is 36.0 Å². The van der Waals surface area contributed by atoms with Gasteiger partial charge in [-0.2, -0.15) is 17.6 Å². The highest BCUT2D eigenvalue weighted by molar-refractivity contribution is 7.80. The van der Waals surface area contributed by atoms with Gasteiger partial charge in [0.15, 0.2) is 5.82 Å². The normalized spacial score (nSPS) is 33.6. The fourth-order valence-electron chi connectivity index (χ4n) is 6.52. The van der Waals surface area contributed by atoms with E-state index in [9.17, 15) is 31.5 Å². The average Bonchev–Trinajstić information content (AvgIpc) is 3.56. The molecular weight excluding hydrogens is 461 g/mol. The SMILES string of the molecule is NC(=O)C12CC3CC(C1)C(N(C(=O)C1CC1)N(c1cccc(C(F)(F)F)n1)S(=O)[O-])C(C3)C2. The maximum absolute atomic E-state index is 13.4. The third-order valence-electron chi connectivity index (χ3n) is 7.74.